The van der Waals surface area contributed by atoms with E-state index < -0.39 is 0 Å². The summed E-state index contributed by atoms with van der Waals surface area (Å²) in [6.07, 6.45) is 1.55. The van der Waals surface area contributed by atoms with Crippen LogP contribution in [-0.4, -0.2) is 15.0 Å². The van der Waals surface area contributed by atoms with Crippen LogP contribution in [0.5, 0.6) is 0 Å². The second-order valence-electron chi connectivity index (χ2n) is 5.36. The summed E-state index contributed by atoms with van der Waals surface area (Å²) in [4.78, 5) is 12.9. The SMILES string of the molecule is CC(Nc1nc(N)c2nc(-c3ccco3)oc2n1)c1ccccc1. The smallest absolute Gasteiger partial charge is 0.265 e. The maximum Gasteiger partial charge on any atom is 0.265 e. The average molecular weight is 321 g/mol. The van der Waals surface area contributed by atoms with Gasteiger partial charge < -0.3 is 19.9 Å². The number of nitrogens with one attached hydrogen (secondary N) is 1. The van der Waals surface area contributed by atoms with E-state index >= 15 is 0 Å². The van der Waals surface area contributed by atoms with E-state index in [-0.39, 0.29) is 11.9 Å². The van der Waals surface area contributed by atoms with Gasteiger partial charge in [0.25, 0.3) is 11.6 Å². The maximum absolute atomic E-state index is 5.99. The van der Waals surface area contributed by atoms with Crippen molar-refractivity contribution in [2.45, 2.75) is 13.0 Å². The average Bonchev–Trinajstić information content (AvgIpc) is 3.25. The Morgan fingerprint density at radius 1 is 1.04 bits per heavy atom. The summed E-state index contributed by atoms with van der Waals surface area (Å²) in [5, 5.41) is 3.22. The van der Waals surface area contributed by atoms with Gasteiger partial charge >= 0.3 is 0 Å². The molecule has 3 heterocycles. The number of hydrogen-bond donors (Lipinski definition) is 2. The van der Waals surface area contributed by atoms with Gasteiger partial charge in [0.1, 0.15) is 0 Å². The highest BCUT2D eigenvalue weighted by Crippen LogP contribution is 2.27. The molecule has 4 rings (SSSR count). The van der Waals surface area contributed by atoms with Gasteiger partial charge in [0.15, 0.2) is 17.1 Å². The van der Waals surface area contributed by atoms with Crippen LogP contribution in [-0.2, 0) is 0 Å². The third-order valence-corrected chi connectivity index (χ3v) is 3.66. The number of furan rings is 1. The number of benzene rings is 1. The van der Waals surface area contributed by atoms with E-state index in [0.29, 0.717) is 28.8 Å². The van der Waals surface area contributed by atoms with E-state index in [1.54, 1.807) is 18.4 Å². The van der Waals surface area contributed by atoms with E-state index in [4.69, 9.17) is 14.6 Å². The molecule has 7 nitrogen and oxygen atoms in total. The van der Waals surface area contributed by atoms with Crippen LogP contribution in [0, 0.1) is 0 Å². The lowest BCUT2D eigenvalue weighted by molar-refractivity contribution is 0.531. The number of nitrogens with zero attached hydrogens (tertiary/aromatic N) is 3. The molecular weight excluding hydrogens is 306 g/mol. The minimum atomic E-state index is 0.0236. The molecule has 0 fully saturated rings. The van der Waals surface area contributed by atoms with Crippen molar-refractivity contribution in [3.63, 3.8) is 0 Å². The molecule has 0 radical (unpaired) electrons. The first-order chi connectivity index (χ1) is 11.7. The fourth-order valence-corrected chi connectivity index (χ4v) is 2.43. The van der Waals surface area contributed by atoms with Crippen LogP contribution >= 0.6 is 0 Å². The molecule has 0 saturated carbocycles. The molecule has 0 spiro atoms. The molecule has 0 bridgehead atoms. The Labute approximate surface area is 137 Å². The lowest BCUT2D eigenvalue weighted by Gasteiger charge is -2.13. The number of fused-ring (bicyclic) bond motifs is 1. The van der Waals surface area contributed by atoms with Gasteiger partial charge in [-0.05, 0) is 24.6 Å². The molecule has 4 aromatic rings. The van der Waals surface area contributed by atoms with Gasteiger partial charge in [0, 0.05) is 0 Å². The standard InChI is InChI=1S/C17H15N5O2/c1-10(11-6-3-2-4-7-11)19-17-21-14(18)13-16(22-17)24-15(20-13)12-8-5-9-23-12/h2-10H,1H3,(H3,18,19,21,22). The first-order valence-electron chi connectivity index (χ1n) is 7.50. The van der Waals surface area contributed by atoms with Gasteiger partial charge in [-0.15, -0.1) is 0 Å². The third kappa shape index (κ3) is 2.56. The Hall–Kier alpha value is -3.35. The summed E-state index contributed by atoms with van der Waals surface area (Å²) in [7, 11) is 0. The van der Waals surface area contributed by atoms with E-state index in [0.717, 1.165) is 5.56 Å². The second-order valence-corrected chi connectivity index (χ2v) is 5.36. The zero-order valence-corrected chi connectivity index (χ0v) is 12.9. The lowest BCUT2D eigenvalue weighted by atomic mass is 10.1. The molecule has 0 saturated heterocycles. The predicted octanol–water partition coefficient (Wildman–Crippen LogP) is 3.63. The summed E-state index contributed by atoms with van der Waals surface area (Å²) < 4.78 is 10.9. The minimum absolute atomic E-state index is 0.0236. The van der Waals surface area contributed by atoms with Crippen LogP contribution in [0.4, 0.5) is 11.8 Å². The third-order valence-electron chi connectivity index (χ3n) is 3.66. The minimum Gasteiger partial charge on any atom is -0.459 e. The van der Waals surface area contributed by atoms with Crippen LogP contribution in [0.25, 0.3) is 22.9 Å². The first-order valence-corrected chi connectivity index (χ1v) is 7.50. The summed E-state index contributed by atoms with van der Waals surface area (Å²) in [6, 6.07) is 13.5. The van der Waals surface area contributed by atoms with E-state index in [1.807, 2.05) is 37.3 Å². The number of rotatable bonds is 4. The molecule has 0 aliphatic heterocycles. The van der Waals surface area contributed by atoms with E-state index in [2.05, 4.69) is 20.3 Å². The van der Waals surface area contributed by atoms with Gasteiger partial charge in [-0.1, -0.05) is 30.3 Å². The first kappa shape index (κ1) is 14.3. The largest absolute Gasteiger partial charge is 0.459 e. The van der Waals surface area contributed by atoms with Crippen molar-refractivity contribution in [2.75, 3.05) is 11.1 Å². The van der Waals surface area contributed by atoms with E-state index in [1.165, 1.54) is 0 Å². The Kier molecular flexibility index (Phi) is 3.38. The number of oxazole rings is 1. The molecule has 1 atom stereocenters. The van der Waals surface area contributed by atoms with Crippen LogP contribution in [0.2, 0.25) is 0 Å². The van der Waals surface area contributed by atoms with Gasteiger partial charge in [0.05, 0.1) is 12.3 Å². The highest BCUT2D eigenvalue weighted by molar-refractivity contribution is 5.82. The van der Waals surface area contributed by atoms with Crippen LogP contribution in [0.1, 0.15) is 18.5 Å². The molecule has 1 unspecified atom stereocenters. The summed E-state index contributed by atoms with van der Waals surface area (Å²) >= 11 is 0. The zero-order valence-electron chi connectivity index (χ0n) is 12.9. The van der Waals surface area contributed by atoms with Crippen LogP contribution < -0.4 is 11.1 Å². The fraction of sp³-hybridized carbons (Fsp3) is 0.118. The fourth-order valence-electron chi connectivity index (χ4n) is 2.43. The second kappa shape index (κ2) is 5.69. The van der Waals surface area contributed by atoms with Gasteiger partial charge in [-0.2, -0.15) is 9.97 Å². The quantitative estimate of drug-likeness (QED) is 0.591. The predicted molar refractivity (Wildman–Crippen MR) is 90.2 cm³/mol. The molecule has 120 valence electrons. The molecule has 0 aliphatic carbocycles. The number of hydrogen-bond acceptors (Lipinski definition) is 7. The van der Waals surface area contributed by atoms with Crippen LogP contribution in [0.15, 0.2) is 57.6 Å². The zero-order chi connectivity index (χ0) is 16.5. The molecule has 7 heteroatoms. The molecule has 3 N–H and O–H groups in total. The van der Waals surface area contributed by atoms with Crippen molar-refractivity contribution in [1.29, 1.82) is 0 Å². The molecule has 24 heavy (non-hydrogen) atoms. The molecular formula is C17H15N5O2. The van der Waals surface area contributed by atoms with Crippen molar-refractivity contribution in [1.82, 2.24) is 15.0 Å². The van der Waals surface area contributed by atoms with Crippen molar-refractivity contribution < 1.29 is 8.83 Å². The Morgan fingerprint density at radius 3 is 2.62 bits per heavy atom. The molecule has 0 amide bonds. The molecule has 3 aromatic heterocycles. The van der Waals surface area contributed by atoms with Gasteiger partial charge in [-0.25, -0.2) is 4.98 Å². The van der Waals surface area contributed by atoms with Crippen molar-refractivity contribution >= 4 is 23.0 Å². The maximum atomic E-state index is 5.99. The van der Waals surface area contributed by atoms with Crippen molar-refractivity contribution in [3.05, 3.63) is 54.3 Å². The Balaban J connectivity index is 1.67. The van der Waals surface area contributed by atoms with Crippen molar-refractivity contribution in [2.24, 2.45) is 0 Å². The van der Waals surface area contributed by atoms with Crippen molar-refractivity contribution in [3.8, 4) is 11.7 Å². The summed E-state index contributed by atoms with van der Waals surface area (Å²) in [6.45, 7) is 2.02. The number of anilines is 2. The Bertz CT molecular complexity index is 963. The highest BCUT2D eigenvalue weighted by Gasteiger charge is 2.17. The monoisotopic (exact) mass is 321 g/mol. The number of aromatic nitrogens is 3. The van der Waals surface area contributed by atoms with Gasteiger partial charge in [0.2, 0.25) is 5.95 Å². The summed E-state index contributed by atoms with van der Waals surface area (Å²) in [5.41, 5.74) is 7.85. The number of nitrogen functional groups attached to an aromatic ring is 1. The van der Waals surface area contributed by atoms with E-state index in [9.17, 15) is 0 Å². The Morgan fingerprint density at radius 2 is 1.88 bits per heavy atom. The number of nitrogens with two attached hydrogens (primary N) is 1. The topological polar surface area (TPSA) is 103 Å². The molecule has 1 aromatic carbocycles. The van der Waals surface area contributed by atoms with Crippen LogP contribution in [0.3, 0.4) is 0 Å². The molecule has 0 aliphatic rings. The lowest BCUT2D eigenvalue weighted by Crippen LogP contribution is -2.10. The normalized spacial score (nSPS) is 12.4. The highest BCUT2D eigenvalue weighted by atomic mass is 16.4. The van der Waals surface area contributed by atoms with Gasteiger partial charge in [-0.3, -0.25) is 0 Å². The summed E-state index contributed by atoms with van der Waals surface area (Å²) in [5.74, 6) is 1.48.